The minimum Gasteiger partial charge on any atom is -0.490 e. The van der Waals surface area contributed by atoms with Crippen molar-refractivity contribution in [2.24, 2.45) is 0 Å². The van der Waals surface area contributed by atoms with Gasteiger partial charge in [-0.15, -0.1) is 0 Å². The van der Waals surface area contributed by atoms with Gasteiger partial charge >= 0.3 is 0 Å². The van der Waals surface area contributed by atoms with Crippen molar-refractivity contribution in [2.75, 3.05) is 13.2 Å². The molecule has 0 saturated heterocycles. The van der Waals surface area contributed by atoms with Gasteiger partial charge in [0.05, 0.1) is 26.0 Å². The van der Waals surface area contributed by atoms with E-state index in [4.69, 9.17) is 26.1 Å². The fourth-order valence-corrected chi connectivity index (χ4v) is 2.18. The molecule has 0 aliphatic carbocycles. The summed E-state index contributed by atoms with van der Waals surface area (Å²) in [4.78, 5) is 0. The van der Waals surface area contributed by atoms with Crippen LogP contribution in [-0.2, 0) is 13.1 Å². The van der Waals surface area contributed by atoms with Crippen LogP contribution in [0.2, 0.25) is 0 Å². The van der Waals surface area contributed by atoms with Gasteiger partial charge in [-0.25, -0.2) is 0 Å². The van der Waals surface area contributed by atoms with Gasteiger partial charge in [-0.2, -0.15) is 0 Å². The van der Waals surface area contributed by atoms with Crippen LogP contribution in [0.4, 0.5) is 0 Å². The summed E-state index contributed by atoms with van der Waals surface area (Å²) >= 11 is 5.26. The predicted octanol–water partition coefficient (Wildman–Crippen LogP) is 3.24. The molecule has 1 aromatic heterocycles. The summed E-state index contributed by atoms with van der Waals surface area (Å²) in [6.45, 7) is 6.28. The fraction of sp³-hybridized carbons (Fsp3) is 0.353. The molecule has 2 N–H and O–H groups in total. The molecule has 0 spiro atoms. The molecule has 0 amide bonds. The van der Waals surface area contributed by atoms with Gasteiger partial charge in [0.15, 0.2) is 16.6 Å². The molecule has 6 heteroatoms. The number of rotatable bonds is 8. The molecule has 0 fully saturated rings. The smallest absolute Gasteiger partial charge is 0.166 e. The van der Waals surface area contributed by atoms with Gasteiger partial charge in [-0.1, -0.05) is 6.07 Å². The number of furan rings is 1. The largest absolute Gasteiger partial charge is 0.490 e. The second-order valence-corrected chi connectivity index (χ2v) is 5.17. The topological polar surface area (TPSA) is 55.7 Å². The maximum Gasteiger partial charge on any atom is 0.166 e. The molecule has 0 aliphatic heterocycles. The number of ether oxygens (including phenoxy) is 2. The van der Waals surface area contributed by atoms with E-state index in [1.54, 1.807) is 6.26 Å². The van der Waals surface area contributed by atoms with E-state index in [-0.39, 0.29) is 0 Å². The Hall–Kier alpha value is -2.21. The second kappa shape index (κ2) is 9.05. The van der Waals surface area contributed by atoms with Crippen LogP contribution in [-0.4, -0.2) is 18.3 Å². The quantitative estimate of drug-likeness (QED) is 0.723. The SMILES string of the molecule is CCOc1ccc(CNC(=S)NCc2ccco2)cc1OCC. The number of benzene rings is 1. The lowest BCUT2D eigenvalue weighted by Gasteiger charge is -2.14. The molecular weight excluding hydrogens is 312 g/mol. The van der Waals surface area contributed by atoms with Crippen molar-refractivity contribution in [1.82, 2.24) is 10.6 Å². The average Bonchev–Trinajstić information content (AvgIpc) is 3.07. The minimum atomic E-state index is 0.562. The lowest BCUT2D eigenvalue weighted by Crippen LogP contribution is -2.34. The predicted molar refractivity (Wildman–Crippen MR) is 93.8 cm³/mol. The van der Waals surface area contributed by atoms with Crippen molar-refractivity contribution in [1.29, 1.82) is 0 Å². The zero-order chi connectivity index (χ0) is 16.5. The zero-order valence-corrected chi connectivity index (χ0v) is 14.2. The maximum absolute atomic E-state index is 5.62. The van der Waals surface area contributed by atoms with E-state index >= 15 is 0 Å². The van der Waals surface area contributed by atoms with Crippen LogP contribution >= 0.6 is 12.2 Å². The average molecular weight is 334 g/mol. The molecular formula is C17H22N2O3S. The highest BCUT2D eigenvalue weighted by Crippen LogP contribution is 2.28. The summed E-state index contributed by atoms with van der Waals surface area (Å²) in [6.07, 6.45) is 1.64. The summed E-state index contributed by atoms with van der Waals surface area (Å²) < 4.78 is 16.4. The van der Waals surface area contributed by atoms with E-state index in [9.17, 15) is 0 Å². The first kappa shape index (κ1) is 17.1. The number of thiocarbonyl (C=S) groups is 1. The van der Waals surface area contributed by atoms with Crippen LogP contribution in [0.5, 0.6) is 11.5 Å². The Labute approximate surface area is 142 Å². The molecule has 2 rings (SSSR count). The van der Waals surface area contributed by atoms with E-state index in [0.29, 0.717) is 31.4 Å². The molecule has 1 heterocycles. The molecule has 0 aliphatic rings. The first-order chi connectivity index (χ1) is 11.2. The molecule has 0 unspecified atom stereocenters. The van der Waals surface area contributed by atoms with Crippen molar-refractivity contribution in [3.63, 3.8) is 0 Å². The Morgan fingerprint density at radius 3 is 2.48 bits per heavy atom. The number of nitrogens with one attached hydrogen (secondary N) is 2. The van der Waals surface area contributed by atoms with Gasteiger partial charge in [0, 0.05) is 6.54 Å². The lowest BCUT2D eigenvalue weighted by molar-refractivity contribution is 0.287. The highest BCUT2D eigenvalue weighted by atomic mass is 32.1. The standard InChI is InChI=1S/C17H22N2O3S/c1-3-20-15-8-7-13(10-16(15)21-4-2)11-18-17(23)19-12-14-6-5-9-22-14/h5-10H,3-4,11-12H2,1-2H3,(H2,18,19,23). The van der Waals surface area contributed by atoms with E-state index in [1.165, 1.54) is 0 Å². The zero-order valence-electron chi connectivity index (χ0n) is 13.4. The molecule has 0 bridgehead atoms. The Kier molecular flexibility index (Phi) is 6.75. The minimum absolute atomic E-state index is 0.562. The van der Waals surface area contributed by atoms with Gasteiger partial charge in [0.25, 0.3) is 0 Å². The summed E-state index contributed by atoms with van der Waals surface area (Å²) in [5.74, 6) is 2.36. The normalized spacial score (nSPS) is 10.2. The van der Waals surface area contributed by atoms with Crippen LogP contribution in [0.25, 0.3) is 0 Å². The van der Waals surface area contributed by atoms with Crippen molar-refractivity contribution in [2.45, 2.75) is 26.9 Å². The maximum atomic E-state index is 5.62. The Bertz CT molecular complexity index is 614. The van der Waals surface area contributed by atoms with Gasteiger partial charge in [0.1, 0.15) is 5.76 Å². The number of hydrogen-bond donors (Lipinski definition) is 2. The molecule has 5 nitrogen and oxygen atoms in total. The van der Waals surface area contributed by atoms with Crippen molar-refractivity contribution in [3.8, 4) is 11.5 Å². The Morgan fingerprint density at radius 2 is 1.78 bits per heavy atom. The third-order valence-corrected chi connectivity index (χ3v) is 3.35. The summed E-state index contributed by atoms with van der Waals surface area (Å²) in [7, 11) is 0. The Morgan fingerprint density at radius 1 is 1.04 bits per heavy atom. The summed E-state index contributed by atoms with van der Waals surface area (Å²) in [6, 6.07) is 9.64. The molecule has 1 aromatic carbocycles. The van der Waals surface area contributed by atoms with Gasteiger partial charge < -0.3 is 24.5 Å². The molecule has 2 aromatic rings. The van der Waals surface area contributed by atoms with Gasteiger partial charge in [-0.05, 0) is 55.9 Å². The summed E-state index contributed by atoms with van der Waals surface area (Å²) in [5, 5.41) is 6.84. The van der Waals surface area contributed by atoms with E-state index in [1.807, 2.05) is 44.2 Å². The molecule has 0 atom stereocenters. The molecule has 0 radical (unpaired) electrons. The van der Waals surface area contributed by atoms with Gasteiger partial charge in [0.2, 0.25) is 0 Å². The first-order valence-electron chi connectivity index (χ1n) is 7.65. The third kappa shape index (κ3) is 5.49. The monoisotopic (exact) mass is 334 g/mol. The first-order valence-corrected chi connectivity index (χ1v) is 8.06. The van der Waals surface area contributed by atoms with Crippen LogP contribution < -0.4 is 20.1 Å². The van der Waals surface area contributed by atoms with E-state index in [2.05, 4.69) is 10.6 Å². The Balaban J connectivity index is 1.86. The highest BCUT2D eigenvalue weighted by Gasteiger charge is 2.06. The van der Waals surface area contributed by atoms with Gasteiger partial charge in [-0.3, -0.25) is 0 Å². The van der Waals surface area contributed by atoms with Crippen molar-refractivity contribution < 1.29 is 13.9 Å². The van der Waals surface area contributed by atoms with Crippen LogP contribution in [0, 0.1) is 0 Å². The molecule has 124 valence electrons. The van der Waals surface area contributed by atoms with E-state index in [0.717, 1.165) is 22.8 Å². The van der Waals surface area contributed by atoms with Crippen LogP contribution in [0.3, 0.4) is 0 Å². The molecule has 23 heavy (non-hydrogen) atoms. The van der Waals surface area contributed by atoms with Crippen LogP contribution in [0.15, 0.2) is 41.0 Å². The van der Waals surface area contributed by atoms with Crippen molar-refractivity contribution in [3.05, 3.63) is 47.9 Å². The third-order valence-electron chi connectivity index (χ3n) is 3.06. The summed E-state index contributed by atoms with van der Waals surface area (Å²) in [5.41, 5.74) is 1.07. The van der Waals surface area contributed by atoms with Crippen LogP contribution in [0.1, 0.15) is 25.2 Å². The van der Waals surface area contributed by atoms with E-state index < -0.39 is 0 Å². The number of hydrogen-bond acceptors (Lipinski definition) is 4. The second-order valence-electron chi connectivity index (χ2n) is 4.76. The highest BCUT2D eigenvalue weighted by molar-refractivity contribution is 7.80. The van der Waals surface area contributed by atoms with Crippen molar-refractivity contribution >= 4 is 17.3 Å². The lowest BCUT2D eigenvalue weighted by atomic mass is 10.2. The fourth-order valence-electron chi connectivity index (χ4n) is 2.03. The molecule has 0 saturated carbocycles.